The van der Waals surface area contributed by atoms with E-state index in [1.165, 1.54) is 18.2 Å². The Bertz CT molecular complexity index is 818. The molecule has 122 valence electrons. The number of hydrogen-bond donors (Lipinski definition) is 1. The Kier molecular flexibility index (Phi) is 5.68. The summed E-state index contributed by atoms with van der Waals surface area (Å²) in [5.41, 5.74) is 0.924. The summed E-state index contributed by atoms with van der Waals surface area (Å²) in [6.07, 6.45) is 1.24. The summed E-state index contributed by atoms with van der Waals surface area (Å²) in [6, 6.07) is 10.4. The first kappa shape index (κ1) is 17.8. The Balaban J connectivity index is 2.20. The lowest BCUT2D eigenvalue weighted by Crippen LogP contribution is -2.13. The zero-order chi connectivity index (χ0) is 17.0. The summed E-state index contributed by atoms with van der Waals surface area (Å²) in [7, 11) is -3.77. The first-order valence-corrected chi connectivity index (χ1v) is 9.18. The molecule has 0 radical (unpaired) electrons. The van der Waals surface area contributed by atoms with E-state index in [9.17, 15) is 13.2 Å². The van der Waals surface area contributed by atoms with Crippen LogP contribution in [0.3, 0.4) is 0 Å². The molecule has 2 aromatic rings. The van der Waals surface area contributed by atoms with E-state index in [1.54, 1.807) is 24.3 Å². The van der Waals surface area contributed by atoms with Crippen LogP contribution in [0.2, 0.25) is 10.0 Å². The fourth-order valence-corrected chi connectivity index (χ4v) is 3.40. The smallest absolute Gasteiger partial charge is 0.261 e. The lowest BCUT2D eigenvalue weighted by atomic mass is 10.1. The zero-order valence-electron chi connectivity index (χ0n) is 12.3. The van der Waals surface area contributed by atoms with E-state index in [0.717, 1.165) is 6.42 Å². The molecule has 0 atom stereocenters. The van der Waals surface area contributed by atoms with Crippen molar-refractivity contribution in [2.45, 2.75) is 24.7 Å². The van der Waals surface area contributed by atoms with Gasteiger partial charge in [0.05, 0.1) is 14.9 Å². The Labute approximate surface area is 145 Å². The van der Waals surface area contributed by atoms with Crippen molar-refractivity contribution in [1.29, 1.82) is 0 Å². The van der Waals surface area contributed by atoms with E-state index in [1.807, 2.05) is 6.92 Å². The van der Waals surface area contributed by atoms with Gasteiger partial charge in [-0.1, -0.05) is 30.1 Å². The average molecular weight is 372 g/mol. The number of sulfonamides is 1. The van der Waals surface area contributed by atoms with Crippen molar-refractivity contribution >= 4 is 44.7 Å². The van der Waals surface area contributed by atoms with Crippen molar-refractivity contribution in [3.8, 4) is 0 Å². The highest BCUT2D eigenvalue weighted by Gasteiger charge is 2.16. The van der Waals surface area contributed by atoms with E-state index < -0.39 is 10.0 Å². The molecule has 0 heterocycles. The van der Waals surface area contributed by atoms with Gasteiger partial charge in [-0.15, -0.1) is 0 Å². The minimum atomic E-state index is -3.77. The lowest BCUT2D eigenvalue weighted by molar-refractivity contribution is 0.0982. The third kappa shape index (κ3) is 4.47. The fraction of sp³-hybridized carbons (Fsp3) is 0.188. The van der Waals surface area contributed by atoms with Crippen LogP contribution in [0, 0.1) is 0 Å². The molecule has 0 unspecified atom stereocenters. The Morgan fingerprint density at radius 3 is 2.26 bits per heavy atom. The van der Waals surface area contributed by atoms with Crippen molar-refractivity contribution in [3.05, 3.63) is 58.1 Å². The number of ketones is 1. The number of halogens is 2. The number of Topliss-reactive ketones (excluding diaryl/α,β-unsaturated/α-hetero) is 1. The molecule has 0 amide bonds. The second-order valence-electron chi connectivity index (χ2n) is 4.93. The maximum Gasteiger partial charge on any atom is 0.261 e. The molecular formula is C16H15Cl2NO3S. The molecule has 7 heteroatoms. The van der Waals surface area contributed by atoms with Crippen LogP contribution in [0.4, 0.5) is 5.69 Å². The molecule has 1 N–H and O–H groups in total. The molecule has 0 aliphatic heterocycles. The molecule has 0 aliphatic rings. The topological polar surface area (TPSA) is 63.2 Å². The minimum Gasteiger partial charge on any atom is -0.294 e. The van der Waals surface area contributed by atoms with Crippen LogP contribution in [-0.4, -0.2) is 14.2 Å². The monoisotopic (exact) mass is 371 g/mol. The Hall–Kier alpha value is -1.56. The second-order valence-corrected chi connectivity index (χ2v) is 7.43. The van der Waals surface area contributed by atoms with Crippen molar-refractivity contribution < 1.29 is 13.2 Å². The summed E-state index contributed by atoms with van der Waals surface area (Å²) in [4.78, 5) is 11.8. The number of hydrogen-bond acceptors (Lipinski definition) is 3. The molecule has 0 saturated heterocycles. The van der Waals surface area contributed by atoms with Gasteiger partial charge in [0, 0.05) is 17.7 Å². The first-order valence-electron chi connectivity index (χ1n) is 6.94. The van der Waals surface area contributed by atoms with E-state index in [2.05, 4.69) is 4.72 Å². The number of carbonyl (C=O) groups is 1. The predicted molar refractivity (Wildman–Crippen MR) is 93.0 cm³/mol. The molecular weight excluding hydrogens is 357 g/mol. The molecule has 2 rings (SSSR count). The van der Waals surface area contributed by atoms with Gasteiger partial charge < -0.3 is 0 Å². The third-order valence-electron chi connectivity index (χ3n) is 3.14. The van der Waals surface area contributed by atoms with Crippen molar-refractivity contribution in [1.82, 2.24) is 0 Å². The van der Waals surface area contributed by atoms with Gasteiger partial charge in [0.15, 0.2) is 5.78 Å². The maximum atomic E-state index is 12.3. The molecule has 0 spiro atoms. The van der Waals surface area contributed by atoms with Crippen LogP contribution in [0.1, 0.15) is 30.1 Å². The highest BCUT2D eigenvalue weighted by Crippen LogP contribution is 2.26. The van der Waals surface area contributed by atoms with Crippen molar-refractivity contribution in [2.75, 3.05) is 4.72 Å². The Morgan fingerprint density at radius 1 is 1.04 bits per heavy atom. The summed E-state index contributed by atoms with van der Waals surface area (Å²) in [6.45, 7) is 1.93. The van der Waals surface area contributed by atoms with Crippen molar-refractivity contribution in [3.63, 3.8) is 0 Å². The van der Waals surface area contributed by atoms with Gasteiger partial charge in [0.2, 0.25) is 0 Å². The standard InChI is InChI=1S/C16H15Cl2NO3S/c1-2-3-16(20)11-4-6-12(7-5-11)19-23(21,22)13-8-9-14(17)15(18)10-13/h4-10,19H,2-3H2,1H3. The van der Waals surface area contributed by atoms with Gasteiger partial charge in [-0.2, -0.15) is 0 Å². The largest absolute Gasteiger partial charge is 0.294 e. The molecule has 0 saturated carbocycles. The lowest BCUT2D eigenvalue weighted by Gasteiger charge is -2.09. The van der Waals surface area contributed by atoms with Gasteiger partial charge >= 0.3 is 0 Å². The molecule has 0 aromatic heterocycles. The SMILES string of the molecule is CCCC(=O)c1ccc(NS(=O)(=O)c2ccc(Cl)c(Cl)c2)cc1. The van der Waals surface area contributed by atoms with Crippen molar-refractivity contribution in [2.24, 2.45) is 0 Å². The van der Waals surface area contributed by atoms with Crippen LogP contribution in [0.5, 0.6) is 0 Å². The molecule has 2 aromatic carbocycles. The summed E-state index contributed by atoms with van der Waals surface area (Å²) >= 11 is 11.6. The zero-order valence-corrected chi connectivity index (χ0v) is 14.7. The van der Waals surface area contributed by atoms with Crippen LogP contribution in [0.25, 0.3) is 0 Å². The van der Waals surface area contributed by atoms with Crippen LogP contribution in [-0.2, 0) is 10.0 Å². The number of nitrogens with one attached hydrogen (secondary N) is 1. The van der Waals surface area contributed by atoms with E-state index in [4.69, 9.17) is 23.2 Å². The summed E-state index contributed by atoms with van der Waals surface area (Å²) in [5, 5.41) is 0.444. The first-order chi connectivity index (χ1) is 10.8. The molecule has 4 nitrogen and oxygen atoms in total. The van der Waals surface area contributed by atoms with Crippen LogP contribution < -0.4 is 4.72 Å². The highest BCUT2D eigenvalue weighted by atomic mass is 35.5. The number of anilines is 1. The van der Waals surface area contributed by atoms with E-state index >= 15 is 0 Å². The summed E-state index contributed by atoms with van der Waals surface area (Å²) < 4.78 is 27.1. The van der Waals surface area contributed by atoms with E-state index in [-0.39, 0.29) is 20.7 Å². The molecule has 0 bridgehead atoms. The molecule has 23 heavy (non-hydrogen) atoms. The summed E-state index contributed by atoms with van der Waals surface area (Å²) in [5.74, 6) is 0.0337. The number of rotatable bonds is 6. The fourth-order valence-electron chi connectivity index (χ4n) is 1.95. The van der Waals surface area contributed by atoms with Gasteiger partial charge in [-0.3, -0.25) is 9.52 Å². The second kappa shape index (κ2) is 7.34. The van der Waals surface area contributed by atoms with Gasteiger partial charge in [0.25, 0.3) is 10.0 Å². The van der Waals surface area contributed by atoms with Gasteiger partial charge in [0.1, 0.15) is 0 Å². The highest BCUT2D eigenvalue weighted by molar-refractivity contribution is 7.92. The molecule has 0 fully saturated rings. The number of benzene rings is 2. The van der Waals surface area contributed by atoms with Gasteiger partial charge in [-0.05, 0) is 48.9 Å². The van der Waals surface area contributed by atoms with Crippen LogP contribution >= 0.6 is 23.2 Å². The molecule has 0 aliphatic carbocycles. The third-order valence-corrected chi connectivity index (χ3v) is 5.26. The van der Waals surface area contributed by atoms with Gasteiger partial charge in [-0.25, -0.2) is 8.42 Å². The Morgan fingerprint density at radius 2 is 1.70 bits per heavy atom. The van der Waals surface area contributed by atoms with Crippen LogP contribution in [0.15, 0.2) is 47.4 Å². The average Bonchev–Trinajstić information content (AvgIpc) is 2.50. The van der Waals surface area contributed by atoms with E-state index in [0.29, 0.717) is 17.7 Å². The maximum absolute atomic E-state index is 12.3. The minimum absolute atomic E-state index is 0.0121. The number of carbonyl (C=O) groups excluding carboxylic acids is 1. The predicted octanol–water partition coefficient (Wildman–Crippen LogP) is 4.78. The normalized spacial score (nSPS) is 11.3. The quantitative estimate of drug-likeness (QED) is 0.743.